The molecule has 0 aliphatic heterocycles. The Balaban J connectivity index is 1.65. The molecule has 0 unspecified atom stereocenters. The lowest BCUT2D eigenvalue weighted by Gasteiger charge is -2.06. The highest BCUT2D eigenvalue weighted by Gasteiger charge is 2.12. The number of aryl methyl sites for hydroxylation is 2. The van der Waals surface area contributed by atoms with Gasteiger partial charge in [-0.25, -0.2) is 0 Å². The minimum Gasteiger partial charge on any atom is -0.459 e. The second-order valence-electron chi connectivity index (χ2n) is 4.62. The van der Waals surface area contributed by atoms with E-state index in [1.165, 1.54) is 30.2 Å². The fraction of sp³-hybridized carbons (Fsp3) is 0.267. The van der Waals surface area contributed by atoms with Crippen LogP contribution in [0.3, 0.4) is 0 Å². The molecule has 1 heterocycles. The number of amides is 1. The maximum Gasteiger partial charge on any atom is 0.287 e. The molecule has 3 heteroatoms. The molecule has 1 amide bonds. The third-order valence-electron chi connectivity index (χ3n) is 3.36. The molecule has 1 aliphatic rings. The van der Waals surface area contributed by atoms with E-state index in [1.54, 1.807) is 12.1 Å². The number of carbonyl (C=O) groups excluding carboxylic acids is 1. The zero-order valence-electron chi connectivity index (χ0n) is 10.1. The summed E-state index contributed by atoms with van der Waals surface area (Å²) in [5, 5.41) is 2.86. The molecule has 0 saturated carbocycles. The highest BCUT2D eigenvalue weighted by molar-refractivity contribution is 5.91. The van der Waals surface area contributed by atoms with E-state index < -0.39 is 0 Å². The van der Waals surface area contributed by atoms with Crippen LogP contribution in [0.1, 0.15) is 33.7 Å². The van der Waals surface area contributed by atoms with E-state index in [9.17, 15) is 4.79 Å². The first-order valence-electron chi connectivity index (χ1n) is 6.25. The van der Waals surface area contributed by atoms with E-state index in [0.717, 1.165) is 12.0 Å². The fourth-order valence-electron chi connectivity index (χ4n) is 2.41. The van der Waals surface area contributed by atoms with E-state index in [-0.39, 0.29) is 5.91 Å². The number of benzene rings is 1. The van der Waals surface area contributed by atoms with Crippen molar-refractivity contribution in [2.24, 2.45) is 0 Å². The maximum absolute atomic E-state index is 11.7. The predicted octanol–water partition coefficient (Wildman–Crippen LogP) is 2.70. The van der Waals surface area contributed by atoms with Crippen LogP contribution in [-0.2, 0) is 19.4 Å². The number of hydrogen-bond donors (Lipinski definition) is 1. The van der Waals surface area contributed by atoms with Crippen LogP contribution in [0.4, 0.5) is 0 Å². The normalized spacial score (nSPS) is 13.3. The molecule has 1 N–H and O–H groups in total. The van der Waals surface area contributed by atoms with E-state index in [2.05, 4.69) is 23.5 Å². The van der Waals surface area contributed by atoms with Gasteiger partial charge in [-0.2, -0.15) is 0 Å². The average Bonchev–Trinajstić information content (AvgIpc) is 3.05. The molecule has 0 fully saturated rings. The van der Waals surface area contributed by atoms with Crippen LogP contribution in [0, 0.1) is 0 Å². The van der Waals surface area contributed by atoms with Gasteiger partial charge in [0.15, 0.2) is 5.76 Å². The van der Waals surface area contributed by atoms with Crippen molar-refractivity contribution < 1.29 is 9.21 Å². The number of rotatable bonds is 3. The molecule has 1 aliphatic carbocycles. The zero-order chi connectivity index (χ0) is 12.4. The smallest absolute Gasteiger partial charge is 0.287 e. The van der Waals surface area contributed by atoms with Gasteiger partial charge in [-0.3, -0.25) is 4.79 Å². The van der Waals surface area contributed by atoms with Crippen molar-refractivity contribution >= 4 is 5.91 Å². The van der Waals surface area contributed by atoms with E-state index >= 15 is 0 Å². The van der Waals surface area contributed by atoms with Gasteiger partial charge in [-0.05, 0) is 48.1 Å². The first-order chi connectivity index (χ1) is 8.83. The summed E-state index contributed by atoms with van der Waals surface area (Å²) in [4.78, 5) is 11.7. The number of nitrogens with one attached hydrogen (secondary N) is 1. The summed E-state index contributed by atoms with van der Waals surface area (Å²) in [5.41, 5.74) is 4.03. The maximum atomic E-state index is 11.7. The Bertz CT molecular complexity index is 558. The molecule has 1 aromatic carbocycles. The third kappa shape index (κ3) is 2.16. The lowest BCUT2D eigenvalue weighted by Crippen LogP contribution is -2.22. The minimum atomic E-state index is -0.166. The molecule has 0 saturated heterocycles. The number of furan rings is 1. The van der Waals surface area contributed by atoms with E-state index in [1.807, 2.05) is 0 Å². The summed E-state index contributed by atoms with van der Waals surface area (Å²) < 4.78 is 5.05. The van der Waals surface area contributed by atoms with Crippen LogP contribution in [0.2, 0.25) is 0 Å². The van der Waals surface area contributed by atoms with Crippen LogP contribution in [0.15, 0.2) is 41.0 Å². The molecule has 0 atom stereocenters. The van der Waals surface area contributed by atoms with Gasteiger partial charge in [0.1, 0.15) is 0 Å². The average molecular weight is 241 g/mol. The van der Waals surface area contributed by atoms with Crippen molar-refractivity contribution in [1.29, 1.82) is 0 Å². The zero-order valence-corrected chi connectivity index (χ0v) is 10.1. The Morgan fingerprint density at radius 1 is 1.22 bits per heavy atom. The van der Waals surface area contributed by atoms with Crippen molar-refractivity contribution in [2.45, 2.75) is 25.8 Å². The molecule has 3 rings (SSSR count). The summed E-state index contributed by atoms with van der Waals surface area (Å²) in [5.74, 6) is 0.191. The molecule has 1 aromatic heterocycles. The van der Waals surface area contributed by atoms with E-state index in [4.69, 9.17) is 4.42 Å². The second-order valence-corrected chi connectivity index (χ2v) is 4.62. The first kappa shape index (κ1) is 11.1. The largest absolute Gasteiger partial charge is 0.459 e. The lowest BCUT2D eigenvalue weighted by molar-refractivity contribution is 0.0923. The number of hydrogen-bond acceptors (Lipinski definition) is 2. The van der Waals surface area contributed by atoms with Crippen molar-refractivity contribution in [3.63, 3.8) is 0 Å². The molecule has 92 valence electrons. The SMILES string of the molecule is O=C(NCc1ccc2c(c1)CCC2)c1ccco1. The monoisotopic (exact) mass is 241 g/mol. The van der Waals surface area contributed by atoms with Crippen LogP contribution >= 0.6 is 0 Å². The molecular weight excluding hydrogens is 226 g/mol. The van der Waals surface area contributed by atoms with Crippen molar-refractivity contribution in [3.05, 3.63) is 59.0 Å². The molecule has 3 nitrogen and oxygen atoms in total. The highest BCUT2D eigenvalue weighted by atomic mass is 16.3. The summed E-state index contributed by atoms with van der Waals surface area (Å²) in [7, 11) is 0. The van der Waals surface area contributed by atoms with E-state index in [0.29, 0.717) is 12.3 Å². The molecule has 0 bridgehead atoms. The second kappa shape index (κ2) is 4.69. The van der Waals surface area contributed by atoms with Gasteiger partial charge in [-0.1, -0.05) is 18.2 Å². The number of fused-ring (bicyclic) bond motifs is 1. The van der Waals surface area contributed by atoms with Crippen LogP contribution < -0.4 is 5.32 Å². The Hall–Kier alpha value is -2.03. The summed E-state index contributed by atoms with van der Waals surface area (Å²) in [6.45, 7) is 0.548. The topological polar surface area (TPSA) is 42.2 Å². The van der Waals surface area contributed by atoms with Gasteiger partial charge in [0.05, 0.1) is 6.26 Å². The van der Waals surface area contributed by atoms with Gasteiger partial charge in [0.2, 0.25) is 0 Å². The Labute approximate surface area is 106 Å². The standard InChI is InChI=1S/C15H15NO2/c17-15(14-5-2-8-18-14)16-10-11-6-7-12-3-1-4-13(12)9-11/h2,5-9H,1,3-4,10H2,(H,16,17). The first-order valence-corrected chi connectivity index (χ1v) is 6.25. The van der Waals surface area contributed by atoms with Gasteiger partial charge >= 0.3 is 0 Å². The molecule has 18 heavy (non-hydrogen) atoms. The molecular formula is C15H15NO2. The molecule has 2 aromatic rings. The molecule has 0 radical (unpaired) electrons. The Morgan fingerprint density at radius 2 is 2.11 bits per heavy atom. The highest BCUT2D eigenvalue weighted by Crippen LogP contribution is 2.22. The van der Waals surface area contributed by atoms with Crippen LogP contribution in [0.25, 0.3) is 0 Å². The van der Waals surface area contributed by atoms with Crippen LogP contribution in [0.5, 0.6) is 0 Å². The third-order valence-corrected chi connectivity index (χ3v) is 3.36. The van der Waals surface area contributed by atoms with Crippen molar-refractivity contribution in [3.8, 4) is 0 Å². The van der Waals surface area contributed by atoms with Gasteiger partial charge in [0, 0.05) is 6.54 Å². The van der Waals surface area contributed by atoms with Gasteiger partial charge in [-0.15, -0.1) is 0 Å². The summed E-state index contributed by atoms with van der Waals surface area (Å²) in [6.07, 6.45) is 5.10. The van der Waals surface area contributed by atoms with Crippen LogP contribution in [-0.4, -0.2) is 5.91 Å². The summed E-state index contributed by atoms with van der Waals surface area (Å²) in [6, 6.07) is 9.84. The van der Waals surface area contributed by atoms with Gasteiger partial charge in [0.25, 0.3) is 5.91 Å². The van der Waals surface area contributed by atoms with Crippen molar-refractivity contribution in [2.75, 3.05) is 0 Å². The Morgan fingerprint density at radius 3 is 2.94 bits per heavy atom. The predicted molar refractivity (Wildman–Crippen MR) is 68.3 cm³/mol. The van der Waals surface area contributed by atoms with Gasteiger partial charge < -0.3 is 9.73 Å². The fourth-order valence-corrected chi connectivity index (χ4v) is 2.41. The minimum absolute atomic E-state index is 0.166. The number of carbonyl (C=O) groups is 1. The molecule has 0 spiro atoms. The van der Waals surface area contributed by atoms with Crippen molar-refractivity contribution in [1.82, 2.24) is 5.32 Å². The Kier molecular flexibility index (Phi) is 2.89. The quantitative estimate of drug-likeness (QED) is 0.897. The lowest BCUT2D eigenvalue weighted by atomic mass is 10.1. The summed E-state index contributed by atoms with van der Waals surface area (Å²) >= 11 is 0.